The Morgan fingerprint density at radius 3 is 2.28 bits per heavy atom. The number of benzene rings is 3. The van der Waals surface area contributed by atoms with Crippen LogP contribution in [0.15, 0.2) is 73.3 Å². The van der Waals surface area contributed by atoms with E-state index >= 15 is 0 Å². The molecule has 0 bridgehead atoms. The van der Waals surface area contributed by atoms with Crippen molar-refractivity contribution < 1.29 is 0 Å². The zero-order valence-electron chi connectivity index (χ0n) is 22.7. The molecule has 1 atom stereocenters. The highest BCUT2D eigenvalue weighted by molar-refractivity contribution is 5.80. The Balaban J connectivity index is 0.00000148. The van der Waals surface area contributed by atoms with Crippen LogP contribution in [-0.2, 0) is 19.4 Å². The van der Waals surface area contributed by atoms with Gasteiger partial charge in [0.15, 0.2) is 0 Å². The SMILES string of the molecule is C=C(C)c1ccc2c(c1)NC(Cc1ccc(CC)cc1)N2Cc1ccccc1N1CCCCC1.CC. The van der Waals surface area contributed by atoms with Crippen LogP contribution in [0.4, 0.5) is 17.1 Å². The zero-order chi connectivity index (χ0) is 25.5. The van der Waals surface area contributed by atoms with E-state index in [1.807, 2.05) is 13.8 Å². The summed E-state index contributed by atoms with van der Waals surface area (Å²) in [5.41, 5.74) is 10.4. The number of anilines is 3. The maximum absolute atomic E-state index is 4.16. The van der Waals surface area contributed by atoms with Gasteiger partial charge in [0.05, 0.1) is 11.4 Å². The summed E-state index contributed by atoms with van der Waals surface area (Å²) in [5.74, 6) is 0. The molecule has 2 heterocycles. The van der Waals surface area contributed by atoms with Gasteiger partial charge in [0.25, 0.3) is 0 Å². The van der Waals surface area contributed by atoms with Gasteiger partial charge in [-0.25, -0.2) is 0 Å². The Morgan fingerprint density at radius 1 is 0.889 bits per heavy atom. The standard InChI is InChI=1S/C31H37N3.C2H6/c1-4-24-12-14-25(15-13-24)20-31-32-28-21-26(23(2)3)16-17-30(28)34(31)22-27-10-6-7-11-29(27)33-18-8-5-9-19-33;1-2/h6-7,10-17,21,31-32H,2,4-5,8-9,18-20,22H2,1,3H3;1-2H3. The van der Waals surface area contributed by atoms with Gasteiger partial charge in [-0.1, -0.05) is 81.5 Å². The van der Waals surface area contributed by atoms with E-state index in [2.05, 4.69) is 102 Å². The van der Waals surface area contributed by atoms with Crippen molar-refractivity contribution in [2.45, 2.75) is 72.5 Å². The van der Waals surface area contributed by atoms with Gasteiger partial charge >= 0.3 is 0 Å². The van der Waals surface area contributed by atoms with Crippen LogP contribution in [-0.4, -0.2) is 19.3 Å². The van der Waals surface area contributed by atoms with Crippen LogP contribution in [0.25, 0.3) is 5.57 Å². The second-order valence-electron chi connectivity index (χ2n) is 9.85. The summed E-state index contributed by atoms with van der Waals surface area (Å²) in [6.07, 6.45) is 6.21. The lowest BCUT2D eigenvalue weighted by Gasteiger charge is -2.33. The molecule has 3 aromatic carbocycles. The maximum atomic E-state index is 4.16. The molecule has 0 saturated carbocycles. The van der Waals surface area contributed by atoms with Crippen molar-refractivity contribution in [3.8, 4) is 0 Å². The first-order valence-corrected chi connectivity index (χ1v) is 13.9. The molecule has 3 heteroatoms. The average molecular weight is 482 g/mol. The van der Waals surface area contributed by atoms with E-state index < -0.39 is 0 Å². The molecule has 1 fully saturated rings. The lowest BCUT2D eigenvalue weighted by molar-refractivity contribution is 0.575. The number of fused-ring (bicyclic) bond motifs is 1. The topological polar surface area (TPSA) is 18.5 Å². The molecular formula is C33H43N3. The second kappa shape index (κ2) is 12.2. The highest BCUT2D eigenvalue weighted by Gasteiger charge is 2.30. The van der Waals surface area contributed by atoms with Gasteiger partial charge in [-0.3, -0.25) is 0 Å². The number of allylic oxidation sites excluding steroid dienone is 1. The molecule has 1 N–H and O–H groups in total. The Bertz CT molecular complexity index is 1140. The van der Waals surface area contributed by atoms with Gasteiger partial charge in [-0.15, -0.1) is 0 Å². The molecular weight excluding hydrogens is 438 g/mol. The number of nitrogens with one attached hydrogen (secondary N) is 1. The highest BCUT2D eigenvalue weighted by Crippen LogP contribution is 2.39. The Kier molecular flexibility index (Phi) is 8.74. The van der Waals surface area contributed by atoms with E-state index in [0.29, 0.717) is 0 Å². The predicted octanol–water partition coefficient (Wildman–Crippen LogP) is 8.30. The van der Waals surface area contributed by atoms with Crippen molar-refractivity contribution in [2.75, 3.05) is 28.2 Å². The third kappa shape index (κ3) is 5.78. The van der Waals surface area contributed by atoms with E-state index in [1.165, 1.54) is 71.7 Å². The maximum Gasteiger partial charge on any atom is 0.104 e. The fourth-order valence-corrected chi connectivity index (χ4v) is 5.36. The Hall–Kier alpha value is -3.20. The molecule has 1 unspecified atom stereocenters. The number of hydrogen-bond donors (Lipinski definition) is 1. The minimum absolute atomic E-state index is 0.220. The number of para-hydroxylation sites is 1. The summed E-state index contributed by atoms with van der Waals surface area (Å²) < 4.78 is 0. The van der Waals surface area contributed by atoms with Crippen LogP contribution in [0, 0.1) is 0 Å². The fraction of sp³-hybridized carbons (Fsp3) is 0.394. The van der Waals surface area contributed by atoms with Gasteiger partial charge in [0, 0.05) is 31.7 Å². The third-order valence-electron chi connectivity index (χ3n) is 7.39. The van der Waals surface area contributed by atoms with Gasteiger partial charge in [-0.2, -0.15) is 0 Å². The molecule has 0 aliphatic carbocycles. The molecule has 2 aliphatic rings. The summed E-state index contributed by atoms with van der Waals surface area (Å²) in [6.45, 7) is 15.7. The smallest absolute Gasteiger partial charge is 0.104 e. The van der Waals surface area contributed by atoms with Crippen LogP contribution >= 0.6 is 0 Å². The zero-order valence-corrected chi connectivity index (χ0v) is 22.7. The van der Waals surface area contributed by atoms with Crippen molar-refractivity contribution in [3.63, 3.8) is 0 Å². The van der Waals surface area contributed by atoms with Crippen molar-refractivity contribution in [2.24, 2.45) is 0 Å². The monoisotopic (exact) mass is 481 g/mol. The van der Waals surface area contributed by atoms with Gasteiger partial charge in [0.2, 0.25) is 0 Å². The van der Waals surface area contributed by atoms with Crippen LogP contribution in [0.1, 0.15) is 69.2 Å². The van der Waals surface area contributed by atoms with Crippen LogP contribution in [0.3, 0.4) is 0 Å². The van der Waals surface area contributed by atoms with E-state index in [0.717, 1.165) is 25.0 Å². The molecule has 0 radical (unpaired) electrons. The Morgan fingerprint density at radius 2 is 1.58 bits per heavy atom. The molecule has 5 rings (SSSR count). The number of nitrogens with zero attached hydrogens (tertiary/aromatic N) is 2. The molecule has 3 aromatic rings. The van der Waals surface area contributed by atoms with Crippen LogP contribution < -0.4 is 15.1 Å². The number of hydrogen-bond acceptors (Lipinski definition) is 3. The molecule has 190 valence electrons. The van der Waals surface area contributed by atoms with Crippen LogP contribution in [0.2, 0.25) is 0 Å². The number of aryl methyl sites for hydroxylation is 1. The molecule has 36 heavy (non-hydrogen) atoms. The van der Waals surface area contributed by atoms with E-state index in [-0.39, 0.29) is 6.17 Å². The predicted molar refractivity (Wildman–Crippen MR) is 158 cm³/mol. The molecule has 3 nitrogen and oxygen atoms in total. The number of rotatable bonds is 7. The van der Waals surface area contributed by atoms with Crippen molar-refractivity contribution >= 4 is 22.6 Å². The highest BCUT2D eigenvalue weighted by atomic mass is 15.3. The van der Waals surface area contributed by atoms with Gasteiger partial charge in [-0.05, 0) is 73.1 Å². The fourth-order valence-electron chi connectivity index (χ4n) is 5.36. The first-order valence-electron chi connectivity index (χ1n) is 13.9. The summed E-state index contributed by atoms with van der Waals surface area (Å²) in [5, 5.41) is 3.85. The van der Waals surface area contributed by atoms with Gasteiger partial charge in [0.1, 0.15) is 6.17 Å². The molecule has 0 spiro atoms. The van der Waals surface area contributed by atoms with Crippen molar-refractivity contribution in [3.05, 3.63) is 95.6 Å². The third-order valence-corrected chi connectivity index (χ3v) is 7.39. The van der Waals surface area contributed by atoms with Gasteiger partial charge < -0.3 is 15.1 Å². The van der Waals surface area contributed by atoms with E-state index in [1.54, 1.807) is 0 Å². The first kappa shape index (κ1) is 25.9. The first-order chi connectivity index (χ1) is 17.6. The van der Waals surface area contributed by atoms with Crippen molar-refractivity contribution in [1.29, 1.82) is 0 Å². The Labute approximate surface area is 218 Å². The molecule has 0 aromatic heterocycles. The summed E-state index contributed by atoms with van der Waals surface area (Å²) in [6, 6.07) is 24.9. The molecule has 1 saturated heterocycles. The minimum atomic E-state index is 0.220. The lowest BCUT2D eigenvalue weighted by atomic mass is 10.0. The molecule has 2 aliphatic heterocycles. The van der Waals surface area contributed by atoms with E-state index in [9.17, 15) is 0 Å². The summed E-state index contributed by atoms with van der Waals surface area (Å²) >= 11 is 0. The van der Waals surface area contributed by atoms with Crippen molar-refractivity contribution in [1.82, 2.24) is 0 Å². The second-order valence-corrected chi connectivity index (χ2v) is 9.85. The normalized spacial score (nSPS) is 16.6. The minimum Gasteiger partial charge on any atom is -0.371 e. The molecule has 0 amide bonds. The lowest BCUT2D eigenvalue weighted by Crippen LogP contribution is -2.38. The largest absolute Gasteiger partial charge is 0.371 e. The summed E-state index contributed by atoms with van der Waals surface area (Å²) in [7, 11) is 0. The van der Waals surface area contributed by atoms with E-state index in [4.69, 9.17) is 0 Å². The quantitative estimate of drug-likeness (QED) is 0.366. The van der Waals surface area contributed by atoms with Crippen LogP contribution in [0.5, 0.6) is 0 Å². The summed E-state index contributed by atoms with van der Waals surface area (Å²) in [4.78, 5) is 5.15. The number of piperidine rings is 1. The average Bonchev–Trinajstić information content (AvgIpc) is 3.27.